The molecule has 1 saturated heterocycles. The van der Waals surface area contributed by atoms with Gasteiger partial charge in [-0.05, 0) is 106 Å². The van der Waals surface area contributed by atoms with Gasteiger partial charge in [0.1, 0.15) is 0 Å². The van der Waals surface area contributed by atoms with Crippen molar-refractivity contribution in [2.24, 2.45) is 29.1 Å². The van der Waals surface area contributed by atoms with Crippen molar-refractivity contribution in [3.8, 4) is 0 Å². The Balaban J connectivity index is 1.18. The normalized spacial score (nSPS) is 32.9. The highest BCUT2D eigenvalue weighted by Crippen LogP contribution is 2.59. The minimum absolute atomic E-state index is 0.0735. The van der Waals surface area contributed by atoms with Gasteiger partial charge in [-0.2, -0.15) is 4.31 Å². The zero-order valence-corrected chi connectivity index (χ0v) is 20.6. The topological polar surface area (TPSA) is 66.5 Å². The molecule has 0 unspecified atom stereocenters. The molecule has 1 aromatic carbocycles. The molecule has 6 heteroatoms. The maximum absolute atomic E-state index is 13.3. The number of nitrogens with zero attached hydrogens (tertiary/aromatic N) is 1. The fraction of sp³-hybridized carbons (Fsp3) is 0.731. The van der Waals surface area contributed by atoms with Gasteiger partial charge in [-0.1, -0.05) is 17.7 Å². The van der Waals surface area contributed by atoms with Crippen molar-refractivity contribution in [3.05, 3.63) is 28.8 Å². The number of benzene rings is 1. The molecule has 0 aromatic heterocycles. The average Bonchev–Trinajstić information content (AvgIpc) is 2.70. The first-order chi connectivity index (χ1) is 15.1. The molecule has 4 saturated carbocycles. The number of nitrogens with one attached hydrogen (secondary N) is 1. The van der Waals surface area contributed by atoms with Crippen LogP contribution in [0, 0.1) is 49.9 Å². The van der Waals surface area contributed by atoms with Gasteiger partial charge in [0.25, 0.3) is 0 Å². The number of hydrogen-bond donors (Lipinski definition) is 1. The molecule has 6 rings (SSSR count). The van der Waals surface area contributed by atoms with Crippen LogP contribution in [0.5, 0.6) is 0 Å². The number of carbonyl (C=O) groups is 1. The van der Waals surface area contributed by atoms with Crippen LogP contribution in [-0.4, -0.2) is 38.3 Å². The van der Waals surface area contributed by atoms with Crippen molar-refractivity contribution in [2.75, 3.05) is 19.6 Å². The van der Waals surface area contributed by atoms with E-state index in [0.717, 1.165) is 41.0 Å². The van der Waals surface area contributed by atoms with Gasteiger partial charge in [0.2, 0.25) is 15.9 Å². The first kappa shape index (κ1) is 22.4. The molecule has 1 amide bonds. The van der Waals surface area contributed by atoms with Gasteiger partial charge in [0, 0.05) is 25.6 Å². The standard InChI is InChI=1S/C26H38N2O3S/c1-17-8-18(2)24(19(3)9-17)32(30,31)28-6-4-23(5-7-28)25(29)27-16-26-13-20-10-21(14-26)12-22(11-20)15-26/h8-9,20-23H,4-7,10-16H2,1-3H3,(H,27,29). The number of sulfonamides is 1. The number of aryl methyl sites for hydroxylation is 3. The van der Waals surface area contributed by atoms with Crippen LogP contribution in [-0.2, 0) is 14.8 Å². The van der Waals surface area contributed by atoms with Gasteiger partial charge in [-0.3, -0.25) is 4.79 Å². The molecule has 1 heterocycles. The quantitative estimate of drug-likeness (QED) is 0.714. The van der Waals surface area contributed by atoms with E-state index < -0.39 is 10.0 Å². The summed E-state index contributed by atoms with van der Waals surface area (Å²) in [6, 6.07) is 3.87. The molecule has 4 aliphatic carbocycles. The maximum atomic E-state index is 13.3. The smallest absolute Gasteiger partial charge is 0.243 e. The van der Waals surface area contributed by atoms with Crippen molar-refractivity contribution in [3.63, 3.8) is 0 Å². The van der Waals surface area contributed by atoms with Crippen LogP contribution >= 0.6 is 0 Å². The molecule has 1 aromatic rings. The number of amides is 1. The molecule has 32 heavy (non-hydrogen) atoms. The summed E-state index contributed by atoms with van der Waals surface area (Å²) in [5.41, 5.74) is 3.03. The Bertz CT molecular complexity index is 950. The van der Waals surface area contributed by atoms with Gasteiger partial charge in [0.05, 0.1) is 4.90 Å². The predicted molar refractivity (Wildman–Crippen MR) is 126 cm³/mol. The molecular formula is C26H38N2O3S. The molecule has 0 spiro atoms. The molecule has 0 atom stereocenters. The summed E-state index contributed by atoms with van der Waals surface area (Å²) in [7, 11) is -3.53. The summed E-state index contributed by atoms with van der Waals surface area (Å²) in [4.78, 5) is 13.4. The Kier molecular flexibility index (Phi) is 5.68. The molecule has 5 nitrogen and oxygen atoms in total. The highest BCUT2D eigenvalue weighted by molar-refractivity contribution is 7.89. The Morgan fingerprint density at radius 2 is 1.47 bits per heavy atom. The first-order valence-electron chi connectivity index (χ1n) is 12.5. The van der Waals surface area contributed by atoms with Crippen molar-refractivity contribution < 1.29 is 13.2 Å². The Morgan fingerprint density at radius 1 is 0.969 bits per heavy atom. The van der Waals surface area contributed by atoms with E-state index in [-0.39, 0.29) is 11.8 Å². The second-order valence-corrected chi connectivity index (χ2v) is 13.4. The van der Waals surface area contributed by atoms with Crippen LogP contribution in [0.15, 0.2) is 17.0 Å². The number of carbonyl (C=O) groups excluding carboxylic acids is 1. The fourth-order valence-electron chi connectivity index (χ4n) is 7.99. The molecule has 1 aliphatic heterocycles. The van der Waals surface area contributed by atoms with Crippen LogP contribution < -0.4 is 5.32 Å². The van der Waals surface area contributed by atoms with Gasteiger partial charge in [-0.25, -0.2) is 8.42 Å². The lowest BCUT2D eigenvalue weighted by atomic mass is 9.49. The van der Waals surface area contributed by atoms with Gasteiger partial charge >= 0.3 is 0 Å². The predicted octanol–water partition coefficient (Wildman–Crippen LogP) is 4.35. The van der Waals surface area contributed by atoms with Crippen LogP contribution in [0.3, 0.4) is 0 Å². The van der Waals surface area contributed by atoms with E-state index in [1.807, 2.05) is 32.9 Å². The second kappa shape index (κ2) is 8.12. The Hall–Kier alpha value is -1.40. The van der Waals surface area contributed by atoms with Gasteiger partial charge in [-0.15, -0.1) is 0 Å². The van der Waals surface area contributed by atoms with E-state index in [4.69, 9.17) is 0 Å². The molecular weight excluding hydrogens is 420 g/mol. The molecule has 1 N–H and O–H groups in total. The summed E-state index contributed by atoms with van der Waals surface area (Å²) < 4.78 is 28.2. The lowest BCUT2D eigenvalue weighted by Crippen LogP contribution is -2.52. The molecule has 176 valence electrons. The number of hydrogen-bond acceptors (Lipinski definition) is 3. The highest BCUT2D eigenvalue weighted by Gasteiger charge is 2.51. The van der Waals surface area contributed by atoms with Gasteiger partial charge in [0.15, 0.2) is 0 Å². The summed E-state index contributed by atoms with van der Waals surface area (Å²) in [6.07, 6.45) is 9.35. The second-order valence-electron chi connectivity index (χ2n) is 11.5. The number of piperidine rings is 1. The summed E-state index contributed by atoms with van der Waals surface area (Å²) in [6.45, 7) is 7.41. The lowest BCUT2D eigenvalue weighted by Gasteiger charge is -2.57. The SMILES string of the molecule is Cc1cc(C)c(S(=O)(=O)N2CCC(C(=O)NCC34CC5CC(CC(C5)C3)C4)CC2)c(C)c1. The zero-order chi connectivity index (χ0) is 22.7. The van der Waals surface area contributed by atoms with E-state index in [1.54, 1.807) is 4.31 Å². The van der Waals surface area contributed by atoms with Gasteiger partial charge < -0.3 is 5.32 Å². The van der Waals surface area contributed by atoms with Crippen LogP contribution in [0.2, 0.25) is 0 Å². The lowest BCUT2D eigenvalue weighted by molar-refractivity contribution is -0.128. The Morgan fingerprint density at radius 3 is 1.97 bits per heavy atom. The molecule has 4 bridgehead atoms. The average molecular weight is 459 g/mol. The van der Waals surface area contributed by atoms with Crippen LogP contribution in [0.4, 0.5) is 0 Å². The van der Waals surface area contributed by atoms with Crippen LogP contribution in [0.1, 0.15) is 68.1 Å². The molecule has 0 radical (unpaired) electrons. The largest absolute Gasteiger partial charge is 0.355 e. The first-order valence-corrected chi connectivity index (χ1v) is 13.9. The van der Waals surface area contributed by atoms with Crippen molar-refractivity contribution in [1.82, 2.24) is 9.62 Å². The summed E-state index contributed by atoms with van der Waals surface area (Å²) >= 11 is 0. The van der Waals surface area contributed by atoms with E-state index in [9.17, 15) is 13.2 Å². The number of rotatable bonds is 5. The van der Waals surface area contributed by atoms with Crippen LogP contribution in [0.25, 0.3) is 0 Å². The van der Waals surface area contributed by atoms with E-state index >= 15 is 0 Å². The minimum Gasteiger partial charge on any atom is -0.355 e. The summed E-state index contributed by atoms with van der Waals surface area (Å²) in [5.74, 6) is 2.73. The van der Waals surface area contributed by atoms with Crippen molar-refractivity contribution in [2.45, 2.75) is 77.0 Å². The van der Waals surface area contributed by atoms with E-state index in [1.165, 1.54) is 38.5 Å². The highest BCUT2D eigenvalue weighted by atomic mass is 32.2. The maximum Gasteiger partial charge on any atom is 0.243 e. The molecule has 5 aliphatic rings. The van der Waals surface area contributed by atoms with Crippen molar-refractivity contribution in [1.29, 1.82) is 0 Å². The third-order valence-electron chi connectivity index (χ3n) is 8.83. The monoisotopic (exact) mass is 458 g/mol. The van der Waals surface area contributed by atoms with E-state index in [2.05, 4.69) is 5.32 Å². The third kappa shape index (κ3) is 4.02. The van der Waals surface area contributed by atoms with Crippen molar-refractivity contribution >= 4 is 15.9 Å². The minimum atomic E-state index is -3.53. The summed E-state index contributed by atoms with van der Waals surface area (Å²) in [5, 5.41) is 3.31. The third-order valence-corrected chi connectivity index (χ3v) is 11.0. The fourth-order valence-corrected chi connectivity index (χ4v) is 9.87. The molecule has 5 fully saturated rings. The zero-order valence-electron chi connectivity index (χ0n) is 19.8. The van der Waals surface area contributed by atoms with E-state index in [0.29, 0.717) is 36.2 Å². The Labute approximate surface area is 193 Å².